The van der Waals surface area contributed by atoms with Crippen molar-refractivity contribution in [1.29, 1.82) is 0 Å². The van der Waals surface area contributed by atoms with Crippen LogP contribution in [0.25, 0.3) is 22.3 Å². The first-order chi connectivity index (χ1) is 16.2. The van der Waals surface area contributed by atoms with Gasteiger partial charge in [0.2, 0.25) is 0 Å². The van der Waals surface area contributed by atoms with Gasteiger partial charge in [0.1, 0.15) is 11.6 Å². The number of fused-ring (bicyclic) bond motifs is 1. The van der Waals surface area contributed by atoms with E-state index >= 15 is 0 Å². The fourth-order valence-electron chi connectivity index (χ4n) is 4.10. The molecular formula is C28H25N5. The molecule has 33 heavy (non-hydrogen) atoms. The van der Waals surface area contributed by atoms with Crippen molar-refractivity contribution in [3.8, 4) is 11.4 Å². The van der Waals surface area contributed by atoms with Crippen LogP contribution in [0.2, 0.25) is 0 Å². The van der Waals surface area contributed by atoms with Gasteiger partial charge >= 0.3 is 0 Å². The number of nitrogen functional groups attached to an aromatic ring is 1. The molecule has 0 bridgehead atoms. The molecule has 0 spiro atoms. The Morgan fingerprint density at radius 2 is 1.36 bits per heavy atom. The van der Waals surface area contributed by atoms with Crippen LogP contribution in [0.15, 0.2) is 97.1 Å². The highest BCUT2D eigenvalue weighted by Gasteiger charge is 2.17. The van der Waals surface area contributed by atoms with E-state index in [1.165, 1.54) is 11.1 Å². The summed E-state index contributed by atoms with van der Waals surface area (Å²) < 4.78 is 0. The normalized spacial score (nSPS) is 11.1. The smallest absolute Gasteiger partial charge is 0.165 e. The van der Waals surface area contributed by atoms with Crippen LogP contribution >= 0.6 is 0 Å². The van der Waals surface area contributed by atoms with Crippen molar-refractivity contribution in [2.75, 3.05) is 17.6 Å². The summed E-state index contributed by atoms with van der Waals surface area (Å²) in [5.74, 6) is 1.96. The van der Waals surface area contributed by atoms with E-state index in [1.807, 2.05) is 55.5 Å². The van der Waals surface area contributed by atoms with Crippen LogP contribution in [0.1, 0.15) is 22.7 Å². The van der Waals surface area contributed by atoms with Crippen molar-refractivity contribution in [2.24, 2.45) is 0 Å². The van der Waals surface area contributed by atoms with Crippen LogP contribution in [-0.2, 0) is 0 Å². The fraction of sp³-hybridized carbons (Fsp3) is 0.107. The maximum absolute atomic E-state index is 6.21. The third kappa shape index (κ3) is 4.39. The predicted molar refractivity (Wildman–Crippen MR) is 135 cm³/mol. The maximum atomic E-state index is 6.21. The quantitative estimate of drug-likeness (QED) is 0.354. The summed E-state index contributed by atoms with van der Waals surface area (Å²) in [7, 11) is 0. The molecule has 0 unspecified atom stereocenters. The lowest BCUT2D eigenvalue weighted by Crippen LogP contribution is -2.15. The number of anilines is 2. The standard InChI is InChI=1S/C28H25N5/c1-19-16-17-23(26(29)31-19)28-32-25-15-9-8-14-22(25)27(33-28)30-18-24(20-10-4-2-5-11-20)21-12-6-3-7-13-21/h2-17,24H,18H2,1H3,(H2,29,31)(H,30,32,33). The number of aromatic nitrogens is 3. The average molecular weight is 432 g/mol. The summed E-state index contributed by atoms with van der Waals surface area (Å²) in [4.78, 5) is 14.0. The third-order valence-corrected chi connectivity index (χ3v) is 5.79. The predicted octanol–water partition coefficient (Wildman–Crippen LogP) is 5.83. The zero-order chi connectivity index (χ0) is 22.6. The number of aryl methyl sites for hydroxylation is 1. The monoisotopic (exact) mass is 431 g/mol. The van der Waals surface area contributed by atoms with Gasteiger partial charge in [-0.05, 0) is 42.3 Å². The summed E-state index contributed by atoms with van der Waals surface area (Å²) in [6.45, 7) is 2.61. The Hall–Kier alpha value is -4.25. The van der Waals surface area contributed by atoms with Crippen LogP contribution in [-0.4, -0.2) is 21.5 Å². The van der Waals surface area contributed by atoms with Gasteiger partial charge < -0.3 is 11.1 Å². The molecule has 2 heterocycles. The Labute approximate surface area is 193 Å². The van der Waals surface area contributed by atoms with Crippen molar-refractivity contribution in [3.63, 3.8) is 0 Å². The van der Waals surface area contributed by atoms with E-state index in [1.54, 1.807) is 0 Å². The van der Waals surface area contributed by atoms with Crippen LogP contribution in [0.5, 0.6) is 0 Å². The summed E-state index contributed by atoms with van der Waals surface area (Å²) in [5, 5.41) is 4.59. The Bertz CT molecular complexity index is 1340. The van der Waals surface area contributed by atoms with Crippen molar-refractivity contribution in [1.82, 2.24) is 15.0 Å². The molecule has 0 atom stereocenters. The summed E-state index contributed by atoms with van der Waals surface area (Å²) in [6, 6.07) is 33.0. The van der Waals surface area contributed by atoms with Crippen molar-refractivity contribution in [3.05, 3.63) is 114 Å². The van der Waals surface area contributed by atoms with Crippen LogP contribution in [0.4, 0.5) is 11.6 Å². The molecule has 5 rings (SSSR count). The van der Waals surface area contributed by atoms with E-state index in [0.29, 0.717) is 18.2 Å². The second-order valence-electron chi connectivity index (χ2n) is 8.05. The molecule has 5 nitrogen and oxygen atoms in total. The molecule has 0 amide bonds. The zero-order valence-electron chi connectivity index (χ0n) is 18.4. The van der Waals surface area contributed by atoms with E-state index < -0.39 is 0 Å². The number of nitrogens with one attached hydrogen (secondary N) is 1. The largest absolute Gasteiger partial charge is 0.383 e. The lowest BCUT2D eigenvalue weighted by Gasteiger charge is -2.20. The number of rotatable bonds is 6. The molecule has 0 aliphatic carbocycles. The van der Waals surface area contributed by atoms with Gasteiger partial charge in [-0.15, -0.1) is 0 Å². The minimum Gasteiger partial charge on any atom is -0.383 e. The Balaban J connectivity index is 1.55. The molecule has 0 radical (unpaired) electrons. The minimum atomic E-state index is 0.177. The highest BCUT2D eigenvalue weighted by Crippen LogP contribution is 2.30. The number of hydrogen-bond acceptors (Lipinski definition) is 5. The number of pyridine rings is 1. The number of benzene rings is 3. The van der Waals surface area contributed by atoms with Gasteiger partial charge in [-0.3, -0.25) is 0 Å². The number of para-hydroxylation sites is 1. The summed E-state index contributed by atoms with van der Waals surface area (Å²) >= 11 is 0. The van der Waals surface area contributed by atoms with Gasteiger partial charge in [0, 0.05) is 23.5 Å². The first-order valence-corrected chi connectivity index (χ1v) is 11.0. The lowest BCUT2D eigenvalue weighted by atomic mass is 9.91. The Kier molecular flexibility index (Phi) is 5.68. The number of nitrogens with zero attached hydrogens (tertiary/aromatic N) is 3. The van der Waals surface area contributed by atoms with Crippen molar-refractivity contribution >= 4 is 22.5 Å². The minimum absolute atomic E-state index is 0.177. The highest BCUT2D eigenvalue weighted by molar-refractivity contribution is 5.91. The second-order valence-corrected chi connectivity index (χ2v) is 8.05. The Morgan fingerprint density at radius 3 is 2.03 bits per heavy atom. The van der Waals surface area contributed by atoms with Crippen LogP contribution < -0.4 is 11.1 Å². The maximum Gasteiger partial charge on any atom is 0.165 e. The van der Waals surface area contributed by atoms with Gasteiger partial charge in [0.15, 0.2) is 5.82 Å². The van der Waals surface area contributed by atoms with Gasteiger partial charge in [0.05, 0.1) is 11.1 Å². The lowest BCUT2D eigenvalue weighted by molar-refractivity contribution is 0.849. The topological polar surface area (TPSA) is 76.7 Å². The van der Waals surface area contributed by atoms with Gasteiger partial charge in [-0.25, -0.2) is 15.0 Å². The Morgan fingerprint density at radius 1 is 0.727 bits per heavy atom. The second kappa shape index (κ2) is 9.09. The van der Waals surface area contributed by atoms with E-state index in [2.05, 4.69) is 58.8 Å². The fourth-order valence-corrected chi connectivity index (χ4v) is 4.10. The first kappa shape index (κ1) is 20.6. The average Bonchev–Trinajstić information content (AvgIpc) is 2.85. The SMILES string of the molecule is Cc1ccc(-c2nc(NCC(c3ccccc3)c3ccccc3)c3ccccc3n2)c(N)n1. The number of nitrogens with two attached hydrogens (primary N) is 1. The van der Waals surface area contributed by atoms with Gasteiger partial charge in [-0.1, -0.05) is 72.8 Å². The molecule has 2 aromatic heterocycles. The van der Waals surface area contributed by atoms with E-state index in [4.69, 9.17) is 15.7 Å². The van der Waals surface area contributed by atoms with Crippen molar-refractivity contribution < 1.29 is 0 Å². The van der Waals surface area contributed by atoms with E-state index in [9.17, 15) is 0 Å². The number of hydrogen-bond donors (Lipinski definition) is 2. The molecular weight excluding hydrogens is 406 g/mol. The third-order valence-electron chi connectivity index (χ3n) is 5.79. The summed E-state index contributed by atoms with van der Waals surface area (Å²) in [6.07, 6.45) is 0. The van der Waals surface area contributed by atoms with Gasteiger partial charge in [0.25, 0.3) is 0 Å². The molecule has 0 aliphatic rings. The molecule has 3 N–H and O–H groups in total. The molecule has 162 valence electrons. The molecule has 0 aliphatic heterocycles. The van der Waals surface area contributed by atoms with Crippen molar-refractivity contribution in [2.45, 2.75) is 12.8 Å². The molecule has 0 fully saturated rings. The van der Waals surface area contributed by atoms with Crippen LogP contribution in [0, 0.1) is 6.92 Å². The highest BCUT2D eigenvalue weighted by atomic mass is 15.0. The molecule has 5 heteroatoms. The zero-order valence-corrected chi connectivity index (χ0v) is 18.4. The molecule has 0 saturated heterocycles. The molecule has 0 saturated carbocycles. The summed E-state index contributed by atoms with van der Waals surface area (Å²) in [5.41, 5.74) is 11.2. The first-order valence-electron chi connectivity index (χ1n) is 11.0. The van der Waals surface area contributed by atoms with E-state index in [0.717, 1.165) is 28.0 Å². The molecule has 5 aromatic rings. The van der Waals surface area contributed by atoms with E-state index in [-0.39, 0.29) is 5.92 Å². The van der Waals surface area contributed by atoms with Crippen LogP contribution in [0.3, 0.4) is 0 Å². The van der Waals surface area contributed by atoms with Gasteiger partial charge in [-0.2, -0.15) is 0 Å². The molecule has 3 aromatic carbocycles.